The number of rotatable bonds is 4. The van der Waals surface area contributed by atoms with Crippen molar-refractivity contribution in [3.05, 3.63) is 41.8 Å². The highest BCUT2D eigenvalue weighted by atomic mass is 19.1. The van der Waals surface area contributed by atoms with E-state index in [0.717, 1.165) is 23.1 Å². The molecule has 1 aromatic heterocycles. The lowest BCUT2D eigenvalue weighted by molar-refractivity contribution is 0.0940. The zero-order valence-corrected chi connectivity index (χ0v) is 12.2. The van der Waals surface area contributed by atoms with Crippen LogP contribution >= 0.6 is 0 Å². The maximum Gasteiger partial charge on any atom is 0.254 e. The van der Waals surface area contributed by atoms with Crippen molar-refractivity contribution < 1.29 is 9.18 Å². The highest BCUT2D eigenvalue weighted by molar-refractivity contribution is 5.95. The van der Waals surface area contributed by atoms with Crippen molar-refractivity contribution in [2.24, 2.45) is 17.8 Å². The number of aromatic nitrogens is 2. The first-order chi connectivity index (χ1) is 10.7. The summed E-state index contributed by atoms with van der Waals surface area (Å²) in [6.07, 6.45) is 5.46. The summed E-state index contributed by atoms with van der Waals surface area (Å²) in [7, 11) is 0. The molecule has 1 aromatic carbocycles. The summed E-state index contributed by atoms with van der Waals surface area (Å²) in [6.45, 7) is 0.660. The van der Waals surface area contributed by atoms with Crippen molar-refractivity contribution >= 4 is 5.91 Å². The van der Waals surface area contributed by atoms with Gasteiger partial charge in [-0.1, -0.05) is 0 Å². The van der Waals surface area contributed by atoms with E-state index in [4.69, 9.17) is 0 Å². The topological polar surface area (TPSA) is 57.8 Å². The van der Waals surface area contributed by atoms with Gasteiger partial charge in [0.15, 0.2) is 0 Å². The SMILES string of the molecule is O=C(NCC1CC2CC1C2)c1cc(-c2ccn[nH]2)ccc1F. The first-order valence-electron chi connectivity index (χ1n) is 7.78. The molecule has 5 heteroatoms. The molecule has 0 spiro atoms. The molecule has 0 aliphatic heterocycles. The van der Waals surface area contributed by atoms with Gasteiger partial charge in [-0.2, -0.15) is 5.10 Å². The lowest BCUT2D eigenvalue weighted by atomic mass is 9.82. The average Bonchev–Trinajstić information content (AvgIpc) is 3.20. The lowest BCUT2D eigenvalue weighted by Crippen LogP contribution is -2.31. The molecule has 1 amide bonds. The minimum atomic E-state index is -0.489. The zero-order chi connectivity index (χ0) is 15.1. The molecule has 3 saturated carbocycles. The van der Waals surface area contributed by atoms with Crippen LogP contribution in [0.15, 0.2) is 30.5 Å². The Hall–Kier alpha value is -2.17. The maximum atomic E-state index is 14.0. The van der Waals surface area contributed by atoms with Crippen LogP contribution in [0.1, 0.15) is 29.6 Å². The summed E-state index contributed by atoms with van der Waals surface area (Å²) in [4.78, 5) is 12.3. The van der Waals surface area contributed by atoms with Gasteiger partial charge in [0.25, 0.3) is 5.91 Å². The number of hydrogen-bond donors (Lipinski definition) is 2. The van der Waals surface area contributed by atoms with E-state index < -0.39 is 5.82 Å². The molecule has 1 heterocycles. The second kappa shape index (κ2) is 5.23. The fraction of sp³-hybridized carbons (Fsp3) is 0.412. The fourth-order valence-electron chi connectivity index (χ4n) is 3.84. The van der Waals surface area contributed by atoms with E-state index >= 15 is 0 Å². The van der Waals surface area contributed by atoms with Crippen molar-refractivity contribution in [1.82, 2.24) is 15.5 Å². The van der Waals surface area contributed by atoms with Gasteiger partial charge in [0, 0.05) is 18.3 Å². The van der Waals surface area contributed by atoms with Gasteiger partial charge in [0.2, 0.25) is 0 Å². The summed E-state index contributed by atoms with van der Waals surface area (Å²) in [5.74, 6) is 1.39. The quantitative estimate of drug-likeness (QED) is 0.912. The van der Waals surface area contributed by atoms with E-state index in [2.05, 4.69) is 15.5 Å². The van der Waals surface area contributed by atoms with Crippen LogP contribution in [0.2, 0.25) is 0 Å². The van der Waals surface area contributed by atoms with Gasteiger partial charge in [0.05, 0.1) is 11.3 Å². The monoisotopic (exact) mass is 299 g/mol. The molecule has 1 unspecified atom stereocenters. The van der Waals surface area contributed by atoms with Gasteiger partial charge < -0.3 is 5.32 Å². The molecule has 2 N–H and O–H groups in total. The molecule has 22 heavy (non-hydrogen) atoms. The number of halogens is 1. The summed E-state index contributed by atoms with van der Waals surface area (Å²) in [5.41, 5.74) is 1.62. The van der Waals surface area contributed by atoms with Crippen LogP contribution in [0.5, 0.6) is 0 Å². The molecule has 4 nitrogen and oxygen atoms in total. The predicted molar refractivity (Wildman–Crippen MR) is 80.6 cm³/mol. The van der Waals surface area contributed by atoms with E-state index in [-0.39, 0.29) is 11.5 Å². The number of carbonyl (C=O) groups excluding carboxylic acids is 1. The van der Waals surface area contributed by atoms with Gasteiger partial charge in [0.1, 0.15) is 5.82 Å². The molecule has 2 aromatic rings. The number of hydrogen-bond acceptors (Lipinski definition) is 2. The van der Waals surface area contributed by atoms with Crippen molar-refractivity contribution in [3.8, 4) is 11.3 Å². The van der Waals surface area contributed by atoms with Gasteiger partial charge >= 0.3 is 0 Å². The van der Waals surface area contributed by atoms with Gasteiger partial charge in [-0.3, -0.25) is 9.89 Å². The first kappa shape index (κ1) is 13.5. The van der Waals surface area contributed by atoms with E-state index in [0.29, 0.717) is 12.5 Å². The number of nitrogens with zero attached hydrogens (tertiary/aromatic N) is 1. The van der Waals surface area contributed by atoms with E-state index in [1.165, 1.54) is 25.3 Å². The Kier molecular flexibility index (Phi) is 3.21. The van der Waals surface area contributed by atoms with Gasteiger partial charge in [-0.25, -0.2) is 4.39 Å². The molecule has 3 fully saturated rings. The third kappa shape index (κ3) is 2.30. The maximum absolute atomic E-state index is 14.0. The van der Waals surface area contributed by atoms with Crippen LogP contribution in [-0.4, -0.2) is 22.6 Å². The summed E-state index contributed by atoms with van der Waals surface area (Å²) < 4.78 is 14.0. The molecule has 0 saturated heterocycles. The third-order valence-corrected chi connectivity index (χ3v) is 5.12. The number of fused-ring (bicyclic) bond motifs is 1. The van der Waals surface area contributed by atoms with Crippen LogP contribution in [0.25, 0.3) is 11.3 Å². The second-order valence-electron chi connectivity index (χ2n) is 6.47. The van der Waals surface area contributed by atoms with Crippen molar-refractivity contribution in [3.63, 3.8) is 0 Å². The minimum absolute atomic E-state index is 0.0949. The molecular formula is C17H18FN3O. The van der Waals surface area contributed by atoms with Gasteiger partial charge in [-0.15, -0.1) is 0 Å². The number of aromatic amines is 1. The number of nitrogens with one attached hydrogen (secondary N) is 2. The van der Waals surface area contributed by atoms with Crippen LogP contribution < -0.4 is 5.32 Å². The molecule has 3 aliphatic carbocycles. The normalized spacial score (nSPS) is 25.8. The highest BCUT2D eigenvalue weighted by Gasteiger charge is 2.43. The lowest BCUT2D eigenvalue weighted by Gasteiger charge is -2.24. The average molecular weight is 299 g/mol. The Morgan fingerprint density at radius 3 is 2.86 bits per heavy atom. The molecule has 114 valence electrons. The number of carbonyl (C=O) groups is 1. The van der Waals surface area contributed by atoms with E-state index in [1.54, 1.807) is 24.4 Å². The molecular weight excluding hydrogens is 281 g/mol. The van der Waals surface area contributed by atoms with Crippen LogP contribution in [-0.2, 0) is 0 Å². The Bertz CT molecular complexity index is 692. The van der Waals surface area contributed by atoms with Crippen molar-refractivity contribution in [2.45, 2.75) is 19.3 Å². The van der Waals surface area contributed by atoms with E-state index in [9.17, 15) is 9.18 Å². The van der Waals surface area contributed by atoms with E-state index in [1.807, 2.05) is 0 Å². The molecule has 3 aliphatic rings. The zero-order valence-electron chi connectivity index (χ0n) is 12.2. The summed E-state index contributed by atoms with van der Waals surface area (Å²) in [6, 6.07) is 6.34. The fourth-order valence-corrected chi connectivity index (χ4v) is 3.84. The summed E-state index contributed by atoms with van der Waals surface area (Å²) >= 11 is 0. The Balaban J connectivity index is 1.48. The van der Waals surface area contributed by atoms with Gasteiger partial charge in [-0.05, 0) is 61.3 Å². The third-order valence-electron chi connectivity index (χ3n) is 5.12. The number of amides is 1. The van der Waals surface area contributed by atoms with Crippen molar-refractivity contribution in [1.29, 1.82) is 0 Å². The molecule has 2 bridgehead atoms. The van der Waals surface area contributed by atoms with Crippen LogP contribution in [0, 0.1) is 23.6 Å². The Labute approximate surface area is 128 Å². The Morgan fingerprint density at radius 2 is 2.18 bits per heavy atom. The summed E-state index contributed by atoms with van der Waals surface area (Å²) in [5, 5.41) is 9.61. The smallest absolute Gasteiger partial charge is 0.254 e. The van der Waals surface area contributed by atoms with Crippen LogP contribution in [0.4, 0.5) is 4.39 Å². The highest BCUT2D eigenvalue weighted by Crippen LogP contribution is 2.52. The molecule has 0 radical (unpaired) electrons. The molecule has 5 rings (SSSR count). The second-order valence-corrected chi connectivity index (χ2v) is 6.47. The minimum Gasteiger partial charge on any atom is -0.352 e. The standard InChI is InChI=1S/C17H18FN3O/c18-15-2-1-11(16-3-4-20-21-16)8-14(15)17(22)19-9-13-7-10-5-12(13)6-10/h1-4,8,10,12-13H,5-7,9H2,(H,19,22)(H,20,21). The predicted octanol–water partition coefficient (Wildman–Crippen LogP) is 2.99. The number of benzene rings is 1. The van der Waals surface area contributed by atoms with Crippen molar-refractivity contribution in [2.75, 3.05) is 6.54 Å². The largest absolute Gasteiger partial charge is 0.352 e. The molecule has 1 atom stereocenters. The number of H-pyrrole nitrogens is 1. The van der Waals surface area contributed by atoms with Crippen LogP contribution in [0.3, 0.4) is 0 Å². The Morgan fingerprint density at radius 1 is 1.32 bits per heavy atom. The first-order valence-corrected chi connectivity index (χ1v) is 7.78.